The highest BCUT2D eigenvalue weighted by molar-refractivity contribution is 5.91. The molecule has 1 amide bonds. The Hall–Kier alpha value is -3.91. The molecule has 0 unspecified atom stereocenters. The standard InChI is InChI=1S/C24H23N3O5/c1-2-26-23(29)20-10-3-4-11-21(20)27(24(26)30)14-22(28)25-18-8-5-7-17(13-18)15-31-16-19-9-6-12-32-19/h3-13H,2,14-16H2,1H3,(H,25,28). The van der Waals surface area contributed by atoms with Crippen LogP contribution in [0.3, 0.4) is 0 Å². The van der Waals surface area contributed by atoms with Crippen LogP contribution in [-0.2, 0) is 35.8 Å². The number of benzene rings is 2. The van der Waals surface area contributed by atoms with E-state index in [0.717, 1.165) is 15.9 Å². The van der Waals surface area contributed by atoms with Crippen LogP contribution in [0.25, 0.3) is 10.9 Å². The summed E-state index contributed by atoms with van der Waals surface area (Å²) in [6, 6.07) is 17.7. The van der Waals surface area contributed by atoms with Crippen LogP contribution >= 0.6 is 0 Å². The van der Waals surface area contributed by atoms with Crippen LogP contribution in [0.1, 0.15) is 18.2 Å². The van der Waals surface area contributed by atoms with Crippen molar-refractivity contribution in [2.45, 2.75) is 33.2 Å². The molecular weight excluding hydrogens is 410 g/mol. The second-order valence-electron chi connectivity index (χ2n) is 7.26. The number of hydrogen-bond donors (Lipinski definition) is 1. The molecule has 0 bridgehead atoms. The zero-order chi connectivity index (χ0) is 22.5. The minimum absolute atomic E-state index is 0.209. The summed E-state index contributed by atoms with van der Waals surface area (Å²) in [5.41, 5.74) is 1.05. The van der Waals surface area contributed by atoms with Gasteiger partial charge in [0.2, 0.25) is 5.91 Å². The number of furan rings is 1. The van der Waals surface area contributed by atoms with Gasteiger partial charge < -0.3 is 14.5 Å². The van der Waals surface area contributed by atoms with E-state index in [0.29, 0.717) is 29.8 Å². The van der Waals surface area contributed by atoms with Gasteiger partial charge in [-0.25, -0.2) is 4.79 Å². The Morgan fingerprint density at radius 3 is 2.62 bits per heavy atom. The molecule has 8 heteroatoms. The predicted molar refractivity (Wildman–Crippen MR) is 120 cm³/mol. The summed E-state index contributed by atoms with van der Waals surface area (Å²) in [5.74, 6) is 0.368. The Bertz CT molecular complexity index is 1350. The summed E-state index contributed by atoms with van der Waals surface area (Å²) in [6.07, 6.45) is 1.59. The quantitative estimate of drug-likeness (QED) is 0.461. The SMILES string of the molecule is CCn1c(=O)c2ccccc2n(CC(=O)Nc2cccc(COCc3ccco3)c2)c1=O. The lowest BCUT2D eigenvalue weighted by Gasteiger charge is -2.13. The van der Waals surface area contributed by atoms with E-state index in [9.17, 15) is 14.4 Å². The normalized spacial score (nSPS) is 11.0. The Morgan fingerprint density at radius 1 is 1.00 bits per heavy atom. The third-order valence-corrected chi connectivity index (χ3v) is 5.05. The molecule has 2 heterocycles. The lowest BCUT2D eigenvalue weighted by atomic mass is 10.2. The zero-order valence-corrected chi connectivity index (χ0v) is 17.6. The number of para-hydroxylation sites is 1. The van der Waals surface area contributed by atoms with Crippen LogP contribution in [0.2, 0.25) is 0 Å². The molecule has 2 aromatic carbocycles. The minimum atomic E-state index is -0.508. The molecule has 0 aliphatic rings. The van der Waals surface area contributed by atoms with Crippen molar-refractivity contribution in [3.8, 4) is 0 Å². The molecule has 0 aliphatic carbocycles. The highest BCUT2D eigenvalue weighted by atomic mass is 16.5. The van der Waals surface area contributed by atoms with Crippen LogP contribution < -0.4 is 16.6 Å². The molecule has 1 N–H and O–H groups in total. The van der Waals surface area contributed by atoms with E-state index < -0.39 is 5.69 Å². The number of aromatic nitrogens is 2. The maximum atomic E-state index is 12.8. The number of amides is 1. The van der Waals surface area contributed by atoms with Gasteiger partial charge in [-0.05, 0) is 48.9 Å². The van der Waals surface area contributed by atoms with Gasteiger partial charge in [0.1, 0.15) is 18.9 Å². The average molecular weight is 433 g/mol. The highest BCUT2D eigenvalue weighted by Crippen LogP contribution is 2.14. The molecule has 32 heavy (non-hydrogen) atoms. The van der Waals surface area contributed by atoms with Gasteiger partial charge in [0.25, 0.3) is 5.56 Å². The number of nitrogens with one attached hydrogen (secondary N) is 1. The number of ether oxygens (including phenoxy) is 1. The first kappa shape index (κ1) is 21.3. The van der Waals surface area contributed by atoms with Crippen molar-refractivity contribution < 1.29 is 13.9 Å². The van der Waals surface area contributed by atoms with Crippen LogP contribution in [-0.4, -0.2) is 15.0 Å². The summed E-state index contributed by atoms with van der Waals surface area (Å²) in [7, 11) is 0. The molecule has 2 aromatic heterocycles. The van der Waals surface area contributed by atoms with Crippen molar-refractivity contribution in [2.75, 3.05) is 5.32 Å². The summed E-state index contributed by atoms with van der Waals surface area (Å²) < 4.78 is 13.3. The van der Waals surface area contributed by atoms with Gasteiger partial charge in [-0.2, -0.15) is 0 Å². The second-order valence-corrected chi connectivity index (χ2v) is 7.26. The van der Waals surface area contributed by atoms with Gasteiger partial charge >= 0.3 is 5.69 Å². The number of nitrogens with zero attached hydrogens (tertiary/aromatic N) is 2. The van der Waals surface area contributed by atoms with Crippen molar-refractivity contribution in [3.05, 3.63) is 99.1 Å². The summed E-state index contributed by atoms with van der Waals surface area (Å²) in [4.78, 5) is 38.1. The Kier molecular flexibility index (Phi) is 6.32. The van der Waals surface area contributed by atoms with Gasteiger partial charge in [-0.1, -0.05) is 24.3 Å². The van der Waals surface area contributed by atoms with E-state index in [2.05, 4.69) is 5.32 Å². The fraction of sp³-hybridized carbons (Fsp3) is 0.208. The van der Waals surface area contributed by atoms with Crippen LogP contribution in [0, 0.1) is 0 Å². The lowest BCUT2D eigenvalue weighted by molar-refractivity contribution is -0.116. The third kappa shape index (κ3) is 4.55. The largest absolute Gasteiger partial charge is 0.467 e. The van der Waals surface area contributed by atoms with E-state index in [4.69, 9.17) is 9.15 Å². The van der Waals surface area contributed by atoms with Crippen LogP contribution in [0.5, 0.6) is 0 Å². The fourth-order valence-electron chi connectivity index (χ4n) is 3.55. The van der Waals surface area contributed by atoms with Gasteiger partial charge in [-0.3, -0.25) is 18.7 Å². The number of carbonyl (C=O) groups excluding carboxylic acids is 1. The molecule has 4 rings (SSSR count). The predicted octanol–water partition coefficient (Wildman–Crippen LogP) is 3.13. The summed E-state index contributed by atoms with van der Waals surface area (Å²) in [6.45, 7) is 2.45. The fourth-order valence-corrected chi connectivity index (χ4v) is 3.55. The van der Waals surface area contributed by atoms with Crippen molar-refractivity contribution in [2.24, 2.45) is 0 Å². The molecule has 0 radical (unpaired) electrons. The van der Waals surface area contributed by atoms with E-state index >= 15 is 0 Å². The van der Waals surface area contributed by atoms with Gasteiger partial charge in [-0.15, -0.1) is 0 Å². The molecular formula is C24H23N3O5. The molecule has 8 nitrogen and oxygen atoms in total. The summed E-state index contributed by atoms with van der Waals surface area (Å²) in [5, 5.41) is 3.22. The number of hydrogen-bond acceptors (Lipinski definition) is 5. The lowest BCUT2D eigenvalue weighted by Crippen LogP contribution is -2.41. The van der Waals surface area contributed by atoms with Crippen molar-refractivity contribution in [1.29, 1.82) is 0 Å². The van der Waals surface area contributed by atoms with E-state index in [1.165, 1.54) is 4.57 Å². The van der Waals surface area contributed by atoms with E-state index in [-0.39, 0.29) is 24.6 Å². The molecule has 0 atom stereocenters. The minimum Gasteiger partial charge on any atom is -0.467 e. The second kappa shape index (κ2) is 9.49. The number of rotatable bonds is 8. The smallest absolute Gasteiger partial charge is 0.331 e. The van der Waals surface area contributed by atoms with Gasteiger partial charge in [0.15, 0.2) is 0 Å². The number of fused-ring (bicyclic) bond motifs is 1. The van der Waals surface area contributed by atoms with Crippen molar-refractivity contribution >= 4 is 22.5 Å². The number of carbonyl (C=O) groups is 1. The van der Waals surface area contributed by atoms with E-state index in [1.54, 1.807) is 49.6 Å². The van der Waals surface area contributed by atoms with Crippen molar-refractivity contribution in [3.63, 3.8) is 0 Å². The molecule has 0 aliphatic heterocycles. The molecule has 164 valence electrons. The molecule has 0 fully saturated rings. The van der Waals surface area contributed by atoms with Gasteiger partial charge in [0, 0.05) is 12.2 Å². The van der Waals surface area contributed by atoms with Crippen LogP contribution in [0.15, 0.2) is 80.9 Å². The Labute approximate surface area is 183 Å². The molecule has 0 saturated heterocycles. The average Bonchev–Trinajstić information content (AvgIpc) is 3.31. The maximum Gasteiger partial charge on any atom is 0.331 e. The first-order chi connectivity index (χ1) is 15.6. The van der Waals surface area contributed by atoms with Gasteiger partial charge in [0.05, 0.1) is 23.8 Å². The molecule has 0 saturated carbocycles. The molecule has 4 aromatic rings. The Balaban J connectivity index is 1.49. The van der Waals surface area contributed by atoms with Crippen molar-refractivity contribution in [1.82, 2.24) is 9.13 Å². The van der Waals surface area contributed by atoms with E-state index in [1.807, 2.05) is 24.3 Å². The van der Waals surface area contributed by atoms with Crippen LogP contribution in [0.4, 0.5) is 5.69 Å². The third-order valence-electron chi connectivity index (χ3n) is 5.05. The first-order valence-corrected chi connectivity index (χ1v) is 10.3. The Morgan fingerprint density at radius 2 is 1.84 bits per heavy atom. The monoisotopic (exact) mass is 433 g/mol. The number of anilines is 1. The zero-order valence-electron chi connectivity index (χ0n) is 17.6. The highest BCUT2D eigenvalue weighted by Gasteiger charge is 2.14. The maximum absolute atomic E-state index is 12.8. The first-order valence-electron chi connectivity index (χ1n) is 10.3. The molecule has 0 spiro atoms. The topological polar surface area (TPSA) is 95.5 Å². The summed E-state index contributed by atoms with van der Waals surface area (Å²) >= 11 is 0.